The quantitative estimate of drug-likeness (QED) is 0.772. The minimum absolute atomic E-state index is 0.0940. The molecule has 3 nitrogen and oxygen atoms in total. The molecule has 0 radical (unpaired) electrons. The first-order valence-corrected chi connectivity index (χ1v) is 8.70. The summed E-state index contributed by atoms with van der Waals surface area (Å²) in [4.78, 5) is 15.1. The second kappa shape index (κ2) is 8.57. The van der Waals surface area contributed by atoms with Crippen LogP contribution in [0.15, 0.2) is 23.8 Å². The Bertz CT molecular complexity index is 498. The van der Waals surface area contributed by atoms with E-state index < -0.39 is 0 Å². The molecule has 1 aromatic rings. The SMILES string of the molecule is CN(CC(=O)NCCC1=CCCCC1)Cc1ccc(Cl)s1. The summed E-state index contributed by atoms with van der Waals surface area (Å²) in [6.07, 6.45) is 8.35. The van der Waals surface area contributed by atoms with Crippen molar-refractivity contribution in [3.8, 4) is 0 Å². The van der Waals surface area contributed by atoms with E-state index in [9.17, 15) is 4.79 Å². The van der Waals surface area contributed by atoms with Crippen molar-refractivity contribution in [2.75, 3.05) is 20.1 Å². The van der Waals surface area contributed by atoms with E-state index in [1.54, 1.807) is 11.3 Å². The van der Waals surface area contributed by atoms with Crippen molar-refractivity contribution in [2.45, 2.75) is 38.6 Å². The molecule has 1 aliphatic rings. The summed E-state index contributed by atoms with van der Waals surface area (Å²) in [5.74, 6) is 0.0940. The number of carbonyl (C=O) groups excluding carboxylic acids is 1. The van der Waals surface area contributed by atoms with Gasteiger partial charge in [-0.15, -0.1) is 11.3 Å². The van der Waals surface area contributed by atoms with Gasteiger partial charge in [-0.05, 0) is 51.3 Å². The highest BCUT2D eigenvalue weighted by Crippen LogP contribution is 2.22. The fourth-order valence-electron chi connectivity index (χ4n) is 2.55. The monoisotopic (exact) mass is 326 g/mol. The van der Waals surface area contributed by atoms with Crippen LogP contribution in [0, 0.1) is 0 Å². The van der Waals surface area contributed by atoms with Crippen LogP contribution in [-0.4, -0.2) is 30.9 Å². The van der Waals surface area contributed by atoms with Gasteiger partial charge in [-0.3, -0.25) is 9.69 Å². The molecule has 0 saturated carbocycles. The lowest BCUT2D eigenvalue weighted by atomic mass is 9.97. The molecule has 0 atom stereocenters. The summed E-state index contributed by atoms with van der Waals surface area (Å²) < 4.78 is 0.795. The third-order valence-electron chi connectivity index (χ3n) is 3.62. The zero-order valence-electron chi connectivity index (χ0n) is 12.5. The number of thiophene rings is 1. The van der Waals surface area contributed by atoms with Gasteiger partial charge in [0.05, 0.1) is 10.9 Å². The predicted molar refractivity (Wildman–Crippen MR) is 89.8 cm³/mol. The zero-order valence-corrected chi connectivity index (χ0v) is 14.1. The van der Waals surface area contributed by atoms with Crippen LogP contribution in [0.3, 0.4) is 0 Å². The summed E-state index contributed by atoms with van der Waals surface area (Å²) >= 11 is 7.47. The van der Waals surface area contributed by atoms with Gasteiger partial charge in [0, 0.05) is 18.0 Å². The number of carbonyl (C=O) groups is 1. The number of halogens is 1. The number of allylic oxidation sites excluding steroid dienone is 1. The lowest BCUT2D eigenvalue weighted by Gasteiger charge is -2.16. The Hall–Kier alpha value is -0.840. The largest absolute Gasteiger partial charge is 0.355 e. The van der Waals surface area contributed by atoms with E-state index in [0.29, 0.717) is 6.54 Å². The molecule has 21 heavy (non-hydrogen) atoms. The Balaban J connectivity index is 1.63. The van der Waals surface area contributed by atoms with Crippen molar-refractivity contribution in [3.05, 3.63) is 33.0 Å². The topological polar surface area (TPSA) is 32.3 Å². The molecule has 2 rings (SSSR count). The summed E-state index contributed by atoms with van der Waals surface area (Å²) in [6, 6.07) is 3.91. The summed E-state index contributed by atoms with van der Waals surface area (Å²) in [7, 11) is 1.96. The predicted octanol–water partition coefficient (Wildman–Crippen LogP) is 3.84. The second-order valence-electron chi connectivity index (χ2n) is 5.59. The number of amides is 1. The second-order valence-corrected chi connectivity index (χ2v) is 7.39. The van der Waals surface area contributed by atoms with Crippen LogP contribution in [-0.2, 0) is 11.3 Å². The van der Waals surface area contributed by atoms with Crippen molar-refractivity contribution >= 4 is 28.8 Å². The average Bonchev–Trinajstić information content (AvgIpc) is 2.85. The summed E-state index contributed by atoms with van der Waals surface area (Å²) in [6.45, 7) is 1.94. The van der Waals surface area contributed by atoms with E-state index in [1.165, 1.54) is 36.1 Å². The maximum absolute atomic E-state index is 11.9. The van der Waals surface area contributed by atoms with Gasteiger partial charge in [0.1, 0.15) is 0 Å². The first-order chi connectivity index (χ1) is 10.1. The van der Waals surface area contributed by atoms with E-state index in [1.807, 2.05) is 24.1 Å². The Kier molecular flexibility index (Phi) is 6.74. The van der Waals surface area contributed by atoms with Gasteiger partial charge >= 0.3 is 0 Å². The van der Waals surface area contributed by atoms with Crippen molar-refractivity contribution in [2.24, 2.45) is 0 Å². The van der Waals surface area contributed by atoms with Crippen molar-refractivity contribution in [3.63, 3.8) is 0 Å². The molecule has 0 unspecified atom stereocenters. The van der Waals surface area contributed by atoms with Gasteiger partial charge in [0.25, 0.3) is 0 Å². The molecule has 0 saturated heterocycles. The normalized spacial score (nSPS) is 15.1. The lowest BCUT2D eigenvalue weighted by Crippen LogP contribution is -2.35. The van der Waals surface area contributed by atoms with Crippen molar-refractivity contribution in [1.29, 1.82) is 0 Å². The molecule has 116 valence electrons. The standard InChI is InChI=1S/C16H23ClN2OS/c1-19(11-14-7-8-15(17)21-14)12-16(20)18-10-9-13-5-3-2-4-6-13/h5,7-8H,2-4,6,9-12H2,1H3,(H,18,20). The van der Waals surface area contributed by atoms with E-state index >= 15 is 0 Å². The third kappa shape index (κ3) is 6.20. The van der Waals surface area contributed by atoms with Crippen LogP contribution >= 0.6 is 22.9 Å². The zero-order chi connectivity index (χ0) is 15.1. The Morgan fingerprint density at radius 1 is 1.43 bits per heavy atom. The van der Waals surface area contributed by atoms with Crippen molar-refractivity contribution in [1.82, 2.24) is 10.2 Å². The minimum Gasteiger partial charge on any atom is -0.355 e. The molecular weight excluding hydrogens is 304 g/mol. The number of nitrogens with one attached hydrogen (secondary N) is 1. The molecule has 0 spiro atoms. The fraction of sp³-hybridized carbons (Fsp3) is 0.562. The molecular formula is C16H23ClN2OS. The smallest absolute Gasteiger partial charge is 0.234 e. The van der Waals surface area contributed by atoms with E-state index in [0.717, 1.165) is 23.8 Å². The van der Waals surface area contributed by atoms with Gasteiger partial charge in [-0.2, -0.15) is 0 Å². The van der Waals surface area contributed by atoms with Crippen LogP contribution in [0.4, 0.5) is 0 Å². The molecule has 1 amide bonds. The number of hydrogen-bond acceptors (Lipinski definition) is 3. The highest BCUT2D eigenvalue weighted by Gasteiger charge is 2.09. The van der Waals surface area contributed by atoms with E-state index in [2.05, 4.69) is 11.4 Å². The summed E-state index contributed by atoms with van der Waals surface area (Å²) in [5, 5.41) is 3.01. The maximum Gasteiger partial charge on any atom is 0.234 e. The maximum atomic E-state index is 11.9. The van der Waals surface area contributed by atoms with Gasteiger partial charge < -0.3 is 5.32 Å². The van der Waals surface area contributed by atoms with Crippen LogP contribution in [0.2, 0.25) is 4.34 Å². The number of nitrogens with zero attached hydrogens (tertiary/aromatic N) is 1. The molecule has 1 aromatic heterocycles. The molecule has 5 heteroatoms. The fourth-order valence-corrected chi connectivity index (χ4v) is 3.72. The van der Waals surface area contributed by atoms with E-state index in [4.69, 9.17) is 11.6 Å². The van der Waals surface area contributed by atoms with Gasteiger partial charge in [-0.1, -0.05) is 23.3 Å². The Labute approximate surface area is 136 Å². The minimum atomic E-state index is 0.0940. The highest BCUT2D eigenvalue weighted by atomic mass is 35.5. The lowest BCUT2D eigenvalue weighted by molar-refractivity contribution is -0.122. The number of likely N-dealkylation sites (N-methyl/N-ethyl adjacent to an activating group) is 1. The molecule has 0 fully saturated rings. The molecule has 1 N–H and O–H groups in total. The Morgan fingerprint density at radius 3 is 2.95 bits per heavy atom. The number of rotatable bonds is 7. The van der Waals surface area contributed by atoms with Crippen LogP contribution in [0.25, 0.3) is 0 Å². The van der Waals surface area contributed by atoms with Gasteiger partial charge in [0.15, 0.2) is 0 Å². The third-order valence-corrected chi connectivity index (χ3v) is 4.84. The molecule has 1 aliphatic carbocycles. The van der Waals surface area contributed by atoms with Crippen molar-refractivity contribution < 1.29 is 4.79 Å². The molecule has 0 aromatic carbocycles. The molecule has 0 aliphatic heterocycles. The molecule has 1 heterocycles. The Morgan fingerprint density at radius 2 is 2.29 bits per heavy atom. The average molecular weight is 327 g/mol. The van der Waals surface area contributed by atoms with Crippen LogP contribution in [0.5, 0.6) is 0 Å². The van der Waals surface area contributed by atoms with E-state index in [-0.39, 0.29) is 5.91 Å². The summed E-state index contributed by atoms with van der Waals surface area (Å²) in [5.41, 5.74) is 1.50. The highest BCUT2D eigenvalue weighted by molar-refractivity contribution is 7.16. The van der Waals surface area contributed by atoms with Crippen LogP contribution < -0.4 is 5.32 Å². The first kappa shape index (κ1) is 16.5. The number of hydrogen-bond donors (Lipinski definition) is 1. The molecule has 0 bridgehead atoms. The van der Waals surface area contributed by atoms with Gasteiger partial charge in [0.2, 0.25) is 5.91 Å². The first-order valence-electron chi connectivity index (χ1n) is 7.51. The van der Waals surface area contributed by atoms with Crippen LogP contribution in [0.1, 0.15) is 37.0 Å². The van der Waals surface area contributed by atoms with Gasteiger partial charge in [-0.25, -0.2) is 0 Å².